The van der Waals surface area contributed by atoms with Crippen LogP contribution in [0.5, 0.6) is 5.75 Å². The molecule has 0 aliphatic carbocycles. The molecule has 8 heteroatoms. The first-order valence-corrected chi connectivity index (χ1v) is 9.09. The van der Waals surface area contributed by atoms with Crippen LogP contribution in [0.3, 0.4) is 0 Å². The number of benzene rings is 2. The van der Waals surface area contributed by atoms with Crippen LogP contribution in [0.25, 0.3) is 5.69 Å². The fraction of sp³-hybridized carbons (Fsp3) is 0.150. The van der Waals surface area contributed by atoms with Crippen molar-refractivity contribution in [3.05, 3.63) is 76.8 Å². The Kier molecular flexibility index (Phi) is 5.90. The van der Waals surface area contributed by atoms with Crippen molar-refractivity contribution < 1.29 is 14.3 Å². The number of nitrogens with zero attached hydrogens (tertiary/aromatic N) is 1. The molecule has 0 bridgehead atoms. The van der Waals surface area contributed by atoms with Gasteiger partial charge < -0.3 is 9.72 Å². The molecule has 0 fully saturated rings. The van der Waals surface area contributed by atoms with Gasteiger partial charge in [0.25, 0.3) is 11.8 Å². The summed E-state index contributed by atoms with van der Waals surface area (Å²) in [5.41, 5.74) is 6.46. The van der Waals surface area contributed by atoms with Crippen molar-refractivity contribution in [3.8, 4) is 11.4 Å². The highest BCUT2D eigenvalue weighted by molar-refractivity contribution is 7.71. The molecule has 0 aliphatic heterocycles. The van der Waals surface area contributed by atoms with E-state index in [1.807, 2.05) is 13.8 Å². The number of H-pyrrole nitrogens is 1. The number of ether oxygens (including phenoxy) is 1. The number of hydrazine groups is 1. The average Bonchev–Trinajstić information content (AvgIpc) is 3.12. The van der Waals surface area contributed by atoms with Gasteiger partial charge in [-0.25, -0.2) is 0 Å². The van der Waals surface area contributed by atoms with Crippen LogP contribution in [0.4, 0.5) is 0 Å². The second kappa shape index (κ2) is 8.53. The molecule has 1 aromatic heterocycles. The Balaban J connectivity index is 1.58. The predicted molar refractivity (Wildman–Crippen MR) is 108 cm³/mol. The summed E-state index contributed by atoms with van der Waals surface area (Å²) in [5.74, 6) is -0.157. The maximum atomic E-state index is 12.2. The summed E-state index contributed by atoms with van der Waals surface area (Å²) in [6.07, 6.45) is 3.59. The van der Waals surface area contributed by atoms with Gasteiger partial charge >= 0.3 is 0 Å². The molecule has 7 nitrogen and oxygen atoms in total. The lowest BCUT2D eigenvalue weighted by Gasteiger charge is -2.11. The molecule has 3 N–H and O–H groups in total. The summed E-state index contributed by atoms with van der Waals surface area (Å²) in [6.45, 7) is 3.85. The normalized spacial score (nSPS) is 10.5. The first-order valence-electron chi connectivity index (χ1n) is 8.68. The van der Waals surface area contributed by atoms with Crippen molar-refractivity contribution in [3.63, 3.8) is 0 Å². The number of amides is 2. The molecular weight excluding hydrogens is 376 g/mol. The number of aromatic nitrogens is 2. The van der Waals surface area contributed by atoms with Crippen LogP contribution in [0.15, 0.2) is 60.9 Å². The number of rotatable bonds is 5. The smallest absolute Gasteiger partial charge is 0.269 e. The molecule has 0 radical (unpaired) electrons. The lowest BCUT2D eigenvalue weighted by Crippen LogP contribution is -2.41. The summed E-state index contributed by atoms with van der Waals surface area (Å²) >= 11 is 5.17. The van der Waals surface area contributed by atoms with Gasteiger partial charge in [-0.1, -0.05) is 0 Å². The third-order valence-electron chi connectivity index (χ3n) is 3.83. The standard InChI is InChI=1S/C20H20N4O3S/c1-13(2)27-17-9-5-15(6-10-17)19(26)23-22-18(25)14-3-7-16(8-4-14)24-12-11-21-20(24)28/h3-13H,1-2H3,(H,21,28)(H,22,25)(H,23,26). The Morgan fingerprint density at radius 1 is 0.964 bits per heavy atom. The van der Waals surface area contributed by atoms with E-state index in [-0.39, 0.29) is 6.10 Å². The van der Waals surface area contributed by atoms with Gasteiger partial charge in [0.1, 0.15) is 5.75 Å². The number of carbonyl (C=O) groups excluding carboxylic acids is 2. The monoisotopic (exact) mass is 396 g/mol. The lowest BCUT2D eigenvalue weighted by atomic mass is 10.2. The summed E-state index contributed by atoms with van der Waals surface area (Å²) in [4.78, 5) is 27.3. The molecule has 144 valence electrons. The average molecular weight is 396 g/mol. The fourth-order valence-corrected chi connectivity index (χ4v) is 2.75. The van der Waals surface area contributed by atoms with Crippen LogP contribution in [-0.4, -0.2) is 27.5 Å². The third kappa shape index (κ3) is 4.66. The van der Waals surface area contributed by atoms with E-state index in [2.05, 4.69) is 15.8 Å². The summed E-state index contributed by atoms with van der Waals surface area (Å²) < 4.78 is 7.88. The Bertz CT molecular complexity index is 1020. The molecule has 0 atom stereocenters. The molecule has 0 unspecified atom stereocenters. The highest BCUT2D eigenvalue weighted by Gasteiger charge is 2.10. The van der Waals surface area contributed by atoms with Crippen LogP contribution in [0.2, 0.25) is 0 Å². The van der Waals surface area contributed by atoms with Crippen LogP contribution in [0, 0.1) is 4.77 Å². The second-order valence-corrected chi connectivity index (χ2v) is 6.67. The van der Waals surface area contributed by atoms with Crippen molar-refractivity contribution in [2.24, 2.45) is 0 Å². The lowest BCUT2D eigenvalue weighted by molar-refractivity contribution is 0.0846. The quantitative estimate of drug-likeness (QED) is 0.456. The Hall–Kier alpha value is -3.39. The van der Waals surface area contributed by atoms with Gasteiger partial charge in [-0.2, -0.15) is 0 Å². The largest absolute Gasteiger partial charge is 0.491 e. The van der Waals surface area contributed by atoms with Crippen molar-refractivity contribution in [2.75, 3.05) is 0 Å². The topological polar surface area (TPSA) is 88.2 Å². The third-order valence-corrected chi connectivity index (χ3v) is 4.15. The van der Waals surface area contributed by atoms with Gasteiger partial charge in [0, 0.05) is 29.2 Å². The Morgan fingerprint density at radius 2 is 1.50 bits per heavy atom. The van der Waals surface area contributed by atoms with E-state index in [0.717, 1.165) is 5.69 Å². The van der Waals surface area contributed by atoms with Crippen molar-refractivity contribution in [2.45, 2.75) is 20.0 Å². The van der Waals surface area contributed by atoms with Gasteiger partial charge in [-0.3, -0.25) is 25.0 Å². The highest BCUT2D eigenvalue weighted by Crippen LogP contribution is 2.14. The number of hydrogen-bond acceptors (Lipinski definition) is 4. The molecule has 0 saturated heterocycles. The molecule has 2 aromatic carbocycles. The fourth-order valence-electron chi connectivity index (χ4n) is 2.51. The van der Waals surface area contributed by atoms with Crippen molar-refractivity contribution in [1.82, 2.24) is 20.4 Å². The Morgan fingerprint density at radius 3 is 1.96 bits per heavy atom. The number of nitrogens with one attached hydrogen (secondary N) is 3. The number of aromatic amines is 1. The van der Waals surface area contributed by atoms with Crippen LogP contribution >= 0.6 is 12.2 Å². The molecule has 28 heavy (non-hydrogen) atoms. The SMILES string of the molecule is CC(C)Oc1ccc(C(=O)NNC(=O)c2ccc(-n3cc[nH]c3=S)cc2)cc1. The van der Waals surface area contributed by atoms with Gasteiger partial charge in [0.05, 0.1) is 6.10 Å². The van der Waals surface area contributed by atoms with Crippen molar-refractivity contribution >= 4 is 24.0 Å². The minimum atomic E-state index is -0.419. The van der Waals surface area contributed by atoms with E-state index < -0.39 is 11.8 Å². The predicted octanol–water partition coefficient (Wildman–Crippen LogP) is 3.40. The van der Waals surface area contributed by atoms with E-state index >= 15 is 0 Å². The Labute approximate surface area is 167 Å². The van der Waals surface area contributed by atoms with Crippen LogP contribution in [0.1, 0.15) is 34.6 Å². The minimum Gasteiger partial charge on any atom is -0.491 e. The van der Waals surface area contributed by atoms with Gasteiger partial charge in [0.15, 0.2) is 4.77 Å². The summed E-state index contributed by atoms with van der Waals surface area (Å²) in [7, 11) is 0. The minimum absolute atomic E-state index is 0.0543. The maximum Gasteiger partial charge on any atom is 0.269 e. The van der Waals surface area contributed by atoms with Crippen LogP contribution < -0.4 is 15.6 Å². The zero-order valence-electron chi connectivity index (χ0n) is 15.4. The first kappa shape index (κ1) is 19.4. The summed E-state index contributed by atoms with van der Waals surface area (Å²) in [5, 5.41) is 0. The second-order valence-electron chi connectivity index (χ2n) is 6.28. The van der Waals surface area contributed by atoms with Crippen molar-refractivity contribution in [1.29, 1.82) is 0 Å². The molecule has 0 spiro atoms. The zero-order valence-corrected chi connectivity index (χ0v) is 16.2. The number of imidazole rings is 1. The zero-order chi connectivity index (χ0) is 20.1. The van der Waals surface area contributed by atoms with Gasteiger partial charge in [0.2, 0.25) is 0 Å². The maximum absolute atomic E-state index is 12.2. The van der Waals surface area contributed by atoms with E-state index in [0.29, 0.717) is 21.6 Å². The molecule has 3 rings (SSSR count). The summed E-state index contributed by atoms with van der Waals surface area (Å²) in [6, 6.07) is 13.5. The van der Waals surface area contributed by atoms with E-state index in [1.165, 1.54) is 0 Å². The van der Waals surface area contributed by atoms with E-state index in [4.69, 9.17) is 17.0 Å². The van der Waals surface area contributed by atoms with Gasteiger partial charge in [-0.05, 0) is 74.6 Å². The molecule has 2 amide bonds. The first-order chi connectivity index (χ1) is 13.4. The van der Waals surface area contributed by atoms with E-state index in [1.54, 1.807) is 65.5 Å². The number of hydrogen-bond donors (Lipinski definition) is 3. The molecule has 3 aromatic rings. The molecule has 1 heterocycles. The molecule has 0 aliphatic rings. The molecule has 0 saturated carbocycles. The van der Waals surface area contributed by atoms with E-state index in [9.17, 15) is 9.59 Å². The highest BCUT2D eigenvalue weighted by atomic mass is 32.1. The van der Waals surface area contributed by atoms with Crippen LogP contribution in [-0.2, 0) is 0 Å². The van der Waals surface area contributed by atoms with Gasteiger partial charge in [-0.15, -0.1) is 0 Å². The number of carbonyl (C=O) groups is 2. The molecular formula is C20H20N4O3S.